The van der Waals surface area contributed by atoms with Crippen molar-refractivity contribution in [2.45, 2.75) is 0 Å². The van der Waals surface area contributed by atoms with Crippen molar-refractivity contribution in [3.05, 3.63) is 121 Å². The van der Waals surface area contributed by atoms with Crippen LogP contribution in [-0.4, -0.2) is 0 Å². The molecule has 2 heteroatoms. The van der Waals surface area contributed by atoms with E-state index in [1.807, 2.05) is 0 Å². The molecule has 36 heavy (non-hydrogen) atoms. The van der Waals surface area contributed by atoms with Gasteiger partial charge in [0.2, 0.25) is 0 Å². The Morgan fingerprint density at radius 2 is 1.03 bits per heavy atom. The molecule has 1 aromatic heterocycles. The SMILES string of the molecule is c1ccc2c(-c3ccc(Nc4ccc5c6cccc7cccc(c8cccc4c85)c76)s3)cccc2c1. The minimum atomic E-state index is 1.15. The lowest BCUT2D eigenvalue weighted by Gasteiger charge is -2.16. The summed E-state index contributed by atoms with van der Waals surface area (Å²) in [5.74, 6) is 0. The van der Waals surface area contributed by atoms with E-state index in [0.29, 0.717) is 0 Å². The number of fused-ring (bicyclic) bond motifs is 3. The Kier molecular flexibility index (Phi) is 4.16. The first-order valence-electron chi connectivity index (χ1n) is 12.3. The third kappa shape index (κ3) is 2.82. The number of hydrogen-bond acceptors (Lipinski definition) is 2. The fourth-order valence-electron chi connectivity index (χ4n) is 5.88. The molecule has 7 aromatic carbocycles. The van der Waals surface area contributed by atoms with Crippen molar-refractivity contribution in [3.8, 4) is 10.4 Å². The molecule has 0 aliphatic carbocycles. The maximum atomic E-state index is 3.76. The van der Waals surface area contributed by atoms with Gasteiger partial charge in [-0.3, -0.25) is 0 Å². The molecule has 0 atom stereocenters. The Balaban J connectivity index is 1.29. The van der Waals surface area contributed by atoms with Crippen LogP contribution in [0.25, 0.3) is 64.3 Å². The summed E-state index contributed by atoms with van der Waals surface area (Å²) in [6.07, 6.45) is 0. The number of rotatable bonds is 3. The zero-order valence-electron chi connectivity index (χ0n) is 19.5. The van der Waals surface area contributed by atoms with Crippen molar-refractivity contribution in [1.82, 2.24) is 0 Å². The first-order chi connectivity index (χ1) is 17.8. The van der Waals surface area contributed by atoms with Crippen molar-refractivity contribution >= 4 is 75.9 Å². The summed E-state index contributed by atoms with van der Waals surface area (Å²) < 4.78 is 0. The fraction of sp³-hybridized carbons (Fsp3) is 0. The lowest BCUT2D eigenvalue weighted by Crippen LogP contribution is -1.92. The number of benzene rings is 7. The quantitative estimate of drug-likeness (QED) is 0.198. The van der Waals surface area contributed by atoms with Gasteiger partial charge in [-0.2, -0.15) is 0 Å². The molecular weight excluding hydrogens is 454 g/mol. The Bertz CT molecular complexity index is 2030. The molecule has 1 heterocycles. The van der Waals surface area contributed by atoms with Gasteiger partial charge in [0.25, 0.3) is 0 Å². The van der Waals surface area contributed by atoms with Crippen LogP contribution in [0.15, 0.2) is 121 Å². The van der Waals surface area contributed by atoms with Gasteiger partial charge in [-0.1, -0.05) is 103 Å². The average molecular weight is 476 g/mol. The van der Waals surface area contributed by atoms with Crippen molar-refractivity contribution in [2.24, 2.45) is 0 Å². The summed E-state index contributed by atoms with van der Waals surface area (Å²) in [6, 6.07) is 44.1. The number of hydrogen-bond donors (Lipinski definition) is 1. The molecule has 0 bridgehead atoms. The number of thiophene rings is 1. The van der Waals surface area contributed by atoms with Crippen molar-refractivity contribution in [1.29, 1.82) is 0 Å². The standard InChI is InChI=1S/C34H21NS/c1-2-11-23-21(7-1)8-3-12-24(23)31-19-20-32(36-31)35-30-18-17-28-26-14-5-10-22-9-4-13-25(33(22)26)27-15-6-16-29(30)34(27)28/h1-20,35H. The smallest absolute Gasteiger partial charge is 0.0933 e. The van der Waals surface area contributed by atoms with Gasteiger partial charge < -0.3 is 5.32 Å². The first kappa shape index (κ1) is 19.9. The molecule has 0 fully saturated rings. The van der Waals surface area contributed by atoms with Crippen LogP contribution in [0.5, 0.6) is 0 Å². The fourth-order valence-corrected chi connectivity index (χ4v) is 6.84. The normalized spacial score (nSPS) is 11.9. The topological polar surface area (TPSA) is 12.0 Å². The van der Waals surface area contributed by atoms with E-state index in [2.05, 4.69) is 127 Å². The second kappa shape index (κ2) is 7.55. The molecule has 0 aliphatic rings. The Morgan fingerprint density at radius 3 is 1.89 bits per heavy atom. The van der Waals surface area contributed by atoms with Crippen LogP contribution in [0.3, 0.4) is 0 Å². The highest BCUT2D eigenvalue weighted by atomic mass is 32.1. The Morgan fingerprint density at radius 1 is 0.417 bits per heavy atom. The van der Waals surface area contributed by atoms with E-state index in [-0.39, 0.29) is 0 Å². The lowest BCUT2D eigenvalue weighted by atomic mass is 9.89. The zero-order valence-corrected chi connectivity index (χ0v) is 20.3. The van der Waals surface area contributed by atoms with Crippen LogP contribution >= 0.6 is 11.3 Å². The van der Waals surface area contributed by atoms with Gasteiger partial charge in [-0.05, 0) is 72.2 Å². The van der Waals surface area contributed by atoms with Crippen LogP contribution < -0.4 is 5.32 Å². The molecule has 0 amide bonds. The van der Waals surface area contributed by atoms with Gasteiger partial charge in [0, 0.05) is 16.0 Å². The summed E-state index contributed by atoms with van der Waals surface area (Å²) in [6.45, 7) is 0. The summed E-state index contributed by atoms with van der Waals surface area (Å²) in [7, 11) is 0. The molecule has 168 valence electrons. The van der Waals surface area contributed by atoms with E-state index in [1.165, 1.54) is 64.3 Å². The Labute approximate surface area is 212 Å². The summed E-state index contributed by atoms with van der Waals surface area (Å²) in [5.41, 5.74) is 2.43. The molecule has 1 N–H and O–H groups in total. The third-order valence-corrected chi connectivity index (χ3v) is 8.48. The van der Waals surface area contributed by atoms with Gasteiger partial charge in [0.05, 0.1) is 5.00 Å². The zero-order chi connectivity index (χ0) is 23.6. The van der Waals surface area contributed by atoms with E-state index in [0.717, 1.165) is 10.7 Å². The monoisotopic (exact) mass is 475 g/mol. The minimum Gasteiger partial charge on any atom is -0.347 e. The van der Waals surface area contributed by atoms with Crippen molar-refractivity contribution < 1.29 is 0 Å². The van der Waals surface area contributed by atoms with Crippen LogP contribution in [-0.2, 0) is 0 Å². The van der Waals surface area contributed by atoms with E-state index >= 15 is 0 Å². The maximum Gasteiger partial charge on any atom is 0.0933 e. The van der Waals surface area contributed by atoms with E-state index in [4.69, 9.17) is 0 Å². The Hall–Kier alpha value is -4.40. The highest BCUT2D eigenvalue weighted by molar-refractivity contribution is 7.19. The van der Waals surface area contributed by atoms with Crippen LogP contribution in [0.4, 0.5) is 10.7 Å². The van der Waals surface area contributed by atoms with Crippen molar-refractivity contribution in [2.75, 3.05) is 5.32 Å². The maximum absolute atomic E-state index is 3.76. The predicted octanol–water partition coefficient (Wildman–Crippen LogP) is 10.4. The second-order valence-electron chi connectivity index (χ2n) is 9.41. The van der Waals surface area contributed by atoms with Gasteiger partial charge in [0.15, 0.2) is 0 Å². The van der Waals surface area contributed by atoms with Gasteiger partial charge in [0.1, 0.15) is 0 Å². The van der Waals surface area contributed by atoms with Crippen LogP contribution in [0.2, 0.25) is 0 Å². The van der Waals surface area contributed by atoms with Gasteiger partial charge in [-0.25, -0.2) is 0 Å². The van der Waals surface area contributed by atoms with E-state index in [9.17, 15) is 0 Å². The van der Waals surface area contributed by atoms with E-state index < -0.39 is 0 Å². The molecule has 0 aliphatic heterocycles. The molecule has 1 nitrogen and oxygen atoms in total. The molecule has 0 saturated carbocycles. The van der Waals surface area contributed by atoms with Crippen LogP contribution in [0, 0.1) is 0 Å². The molecule has 8 rings (SSSR count). The largest absolute Gasteiger partial charge is 0.347 e. The molecular formula is C34H21NS. The molecule has 0 saturated heterocycles. The highest BCUT2D eigenvalue weighted by Gasteiger charge is 2.15. The third-order valence-electron chi connectivity index (χ3n) is 7.44. The summed E-state index contributed by atoms with van der Waals surface area (Å²) >= 11 is 1.81. The lowest BCUT2D eigenvalue weighted by molar-refractivity contribution is 1.68. The average Bonchev–Trinajstić information content (AvgIpc) is 3.40. The number of anilines is 2. The first-order valence-corrected chi connectivity index (χ1v) is 13.1. The van der Waals surface area contributed by atoms with Crippen molar-refractivity contribution in [3.63, 3.8) is 0 Å². The second-order valence-corrected chi connectivity index (χ2v) is 10.5. The molecule has 8 aromatic rings. The van der Waals surface area contributed by atoms with Gasteiger partial charge in [-0.15, -0.1) is 11.3 Å². The molecule has 0 unspecified atom stereocenters. The number of nitrogens with one attached hydrogen (secondary N) is 1. The minimum absolute atomic E-state index is 1.15. The summed E-state index contributed by atoms with van der Waals surface area (Å²) in [4.78, 5) is 1.28. The summed E-state index contributed by atoms with van der Waals surface area (Å²) in [5, 5.41) is 18.0. The predicted molar refractivity (Wildman–Crippen MR) is 158 cm³/mol. The molecule has 0 radical (unpaired) electrons. The van der Waals surface area contributed by atoms with E-state index in [1.54, 1.807) is 11.3 Å². The van der Waals surface area contributed by atoms with Gasteiger partial charge >= 0.3 is 0 Å². The molecule has 0 spiro atoms. The van der Waals surface area contributed by atoms with Crippen LogP contribution in [0.1, 0.15) is 0 Å². The highest BCUT2D eigenvalue weighted by Crippen LogP contribution is 2.43.